The van der Waals surface area contributed by atoms with E-state index >= 15 is 0 Å². The Morgan fingerprint density at radius 3 is 1.69 bits per heavy atom. The standard InChI is InChI=1S/C11H15BrN2O.C7H8.2ClH.Na.H2O.H/c1-11(2,3)14(13)10(15)8-4-6-9(12)7-5-8;1-7-5-3-2-4-6-7;;;;;/h4-7H,13H2,1-3H3;2-6H,1H3;2*1H;;1H2;. The van der Waals surface area contributed by atoms with Crippen LogP contribution in [-0.2, 0) is 0 Å². The van der Waals surface area contributed by atoms with Gasteiger partial charge in [0, 0.05) is 10.0 Å². The summed E-state index contributed by atoms with van der Waals surface area (Å²) in [5.74, 6) is 5.57. The number of hydrogen-bond acceptors (Lipinski definition) is 2. The van der Waals surface area contributed by atoms with Crippen molar-refractivity contribution in [3.63, 3.8) is 0 Å². The summed E-state index contributed by atoms with van der Waals surface area (Å²) in [4.78, 5) is 11.9. The SMILES string of the molecule is CC(C)(C)N(N)C(=O)c1ccc(Br)cc1.Cc1ccccc1.Cl.Cl.O.[NaH]. The van der Waals surface area contributed by atoms with Crippen LogP contribution in [0.1, 0.15) is 36.7 Å². The summed E-state index contributed by atoms with van der Waals surface area (Å²) in [6.45, 7) is 7.76. The van der Waals surface area contributed by atoms with Crippen molar-refractivity contribution in [2.45, 2.75) is 33.2 Å². The predicted molar refractivity (Wildman–Crippen MR) is 121 cm³/mol. The molecule has 1 amide bonds. The van der Waals surface area contributed by atoms with E-state index in [-0.39, 0.29) is 71.3 Å². The molecule has 2 rings (SSSR count). The molecule has 26 heavy (non-hydrogen) atoms. The van der Waals surface area contributed by atoms with Crippen LogP contribution in [0.4, 0.5) is 0 Å². The molecule has 144 valence electrons. The third-order valence-corrected chi connectivity index (χ3v) is 3.50. The summed E-state index contributed by atoms with van der Waals surface area (Å²) >= 11 is 3.31. The van der Waals surface area contributed by atoms with Crippen LogP contribution in [0.15, 0.2) is 59.1 Å². The van der Waals surface area contributed by atoms with Crippen LogP contribution in [0.5, 0.6) is 0 Å². The number of carbonyl (C=O) groups is 1. The van der Waals surface area contributed by atoms with Crippen LogP contribution in [-0.4, -0.2) is 51.5 Å². The van der Waals surface area contributed by atoms with Crippen LogP contribution < -0.4 is 5.84 Å². The molecule has 0 saturated heterocycles. The van der Waals surface area contributed by atoms with Gasteiger partial charge in [-0.25, -0.2) is 5.84 Å². The summed E-state index contributed by atoms with van der Waals surface area (Å²) in [5, 5.41) is 1.25. The number of carbonyl (C=O) groups excluding carboxylic acids is 1. The van der Waals surface area contributed by atoms with E-state index in [0.717, 1.165) is 4.47 Å². The molecule has 0 spiro atoms. The second kappa shape index (κ2) is 15.9. The maximum absolute atomic E-state index is 11.9. The van der Waals surface area contributed by atoms with E-state index in [0.29, 0.717) is 5.56 Å². The second-order valence-electron chi connectivity index (χ2n) is 6.01. The average Bonchev–Trinajstić information content (AvgIpc) is 2.47. The summed E-state index contributed by atoms with van der Waals surface area (Å²) < 4.78 is 0.943. The molecule has 4 N–H and O–H groups in total. The molecule has 0 aromatic heterocycles. The fourth-order valence-electron chi connectivity index (χ4n) is 1.57. The zero-order chi connectivity index (χ0) is 16.8. The molecule has 0 radical (unpaired) electrons. The van der Waals surface area contributed by atoms with Crippen molar-refractivity contribution in [1.82, 2.24) is 5.01 Å². The third-order valence-electron chi connectivity index (χ3n) is 2.97. The van der Waals surface area contributed by atoms with Gasteiger partial charge in [-0.2, -0.15) is 0 Å². The Morgan fingerprint density at radius 2 is 1.38 bits per heavy atom. The quantitative estimate of drug-likeness (QED) is 0.292. The molecule has 0 atom stereocenters. The monoisotopic (exact) mass is 476 g/mol. The van der Waals surface area contributed by atoms with Gasteiger partial charge in [-0.3, -0.25) is 9.80 Å². The second-order valence-corrected chi connectivity index (χ2v) is 6.92. The molecule has 0 aliphatic rings. The van der Waals surface area contributed by atoms with Crippen LogP contribution in [0.3, 0.4) is 0 Å². The average molecular weight is 478 g/mol. The molecule has 8 heteroatoms. The third kappa shape index (κ3) is 12.3. The van der Waals surface area contributed by atoms with Gasteiger partial charge in [0.25, 0.3) is 5.91 Å². The van der Waals surface area contributed by atoms with Crippen molar-refractivity contribution in [2.75, 3.05) is 0 Å². The van der Waals surface area contributed by atoms with E-state index in [1.807, 2.05) is 51.1 Å². The number of aryl methyl sites for hydroxylation is 1. The van der Waals surface area contributed by atoms with Gasteiger partial charge in [0.1, 0.15) is 0 Å². The molecular weight excluding hydrogens is 450 g/mol. The van der Waals surface area contributed by atoms with Crippen molar-refractivity contribution in [1.29, 1.82) is 0 Å². The number of rotatable bonds is 1. The fourth-order valence-corrected chi connectivity index (χ4v) is 1.83. The van der Waals surface area contributed by atoms with Crippen LogP contribution in [0.25, 0.3) is 0 Å². The molecule has 0 saturated carbocycles. The summed E-state index contributed by atoms with van der Waals surface area (Å²) in [5.41, 5.74) is 1.54. The zero-order valence-corrected chi connectivity index (χ0v) is 18.0. The Balaban J connectivity index is -0.000000191. The van der Waals surface area contributed by atoms with Gasteiger partial charge < -0.3 is 5.48 Å². The van der Waals surface area contributed by atoms with E-state index in [9.17, 15) is 4.79 Å². The molecular formula is C18H28BrCl2N2NaO2. The number of hydrogen-bond donors (Lipinski definition) is 1. The van der Waals surface area contributed by atoms with Crippen molar-refractivity contribution in [2.24, 2.45) is 5.84 Å². The van der Waals surface area contributed by atoms with E-state index in [1.165, 1.54) is 10.6 Å². The predicted octanol–water partition coefficient (Wildman–Crippen LogP) is 3.93. The minimum atomic E-state index is -0.371. The number of nitrogens with two attached hydrogens (primary N) is 1. The minimum absolute atomic E-state index is 0. The van der Waals surface area contributed by atoms with Gasteiger partial charge in [-0.15, -0.1) is 24.8 Å². The Hall–Kier alpha value is -0.110. The Kier molecular flexibility index (Phi) is 20.5. The first-order valence-electron chi connectivity index (χ1n) is 7.08. The van der Waals surface area contributed by atoms with Crippen molar-refractivity contribution < 1.29 is 10.3 Å². The topological polar surface area (TPSA) is 77.8 Å². The Labute approximate surface area is 199 Å². The van der Waals surface area contributed by atoms with E-state index in [1.54, 1.807) is 12.1 Å². The first-order valence-corrected chi connectivity index (χ1v) is 7.87. The van der Waals surface area contributed by atoms with Crippen molar-refractivity contribution in [3.8, 4) is 0 Å². The number of benzene rings is 2. The number of hydrazine groups is 1. The van der Waals surface area contributed by atoms with Gasteiger partial charge in [0.15, 0.2) is 0 Å². The van der Waals surface area contributed by atoms with Crippen molar-refractivity contribution in [3.05, 3.63) is 70.2 Å². The molecule has 0 unspecified atom stereocenters. The van der Waals surface area contributed by atoms with Crippen molar-refractivity contribution >= 4 is 76.2 Å². The van der Waals surface area contributed by atoms with Gasteiger partial charge in [-0.05, 0) is 52.0 Å². The van der Waals surface area contributed by atoms with Gasteiger partial charge >= 0.3 is 29.6 Å². The molecule has 2 aromatic rings. The van der Waals surface area contributed by atoms with E-state index in [2.05, 4.69) is 35.0 Å². The first kappa shape index (κ1) is 33.5. The maximum atomic E-state index is 11.9. The van der Waals surface area contributed by atoms with Crippen LogP contribution in [0, 0.1) is 6.92 Å². The molecule has 0 fully saturated rings. The van der Waals surface area contributed by atoms with E-state index in [4.69, 9.17) is 5.84 Å². The van der Waals surface area contributed by atoms with Gasteiger partial charge in [0.2, 0.25) is 0 Å². The van der Waals surface area contributed by atoms with E-state index < -0.39 is 0 Å². The van der Waals surface area contributed by atoms with Crippen LogP contribution in [0.2, 0.25) is 0 Å². The summed E-state index contributed by atoms with van der Waals surface area (Å²) in [6, 6.07) is 17.4. The van der Waals surface area contributed by atoms with Crippen LogP contribution >= 0.6 is 40.7 Å². The molecule has 0 aliphatic carbocycles. The number of nitrogens with zero attached hydrogens (tertiary/aromatic N) is 1. The molecule has 0 bridgehead atoms. The molecule has 4 nitrogen and oxygen atoms in total. The van der Waals surface area contributed by atoms with Gasteiger partial charge in [-0.1, -0.05) is 51.8 Å². The summed E-state index contributed by atoms with van der Waals surface area (Å²) in [7, 11) is 0. The normalized spacial score (nSPS) is 8.85. The summed E-state index contributed by atoms with van der Waals surface area (Å²) in [6.07, 6.45) is 0. The molecule has 0 heterocycles. The molecule has 0 aliphatic heterocycles. The molecule has 2 aromatic carbocycles. The zero-order valence-electron chi connectivity index (χ0n) is 14.8. The number of amides is 1. The Morgan fingerprint density at radius 1 is 0.962 bits per heavy atom. The van der Waals surface area contributed by atoms with Gasteiger partial charge in [0.05, 0.1) is 5.54 Å². The Bertz CT molecular complexity index is 609. The first-order chi connectivity index (χ1) is 10.2. The fraction of sp³-hybridized carbons (Fsp3) is 0.278. The number of halogens is 3.